The number of nitrogens with zero attached hydrogens (tertiary/aromatic N) is 5. The van der Waals surface area contributed by atoms with Gasteiger partial charge in [0.25, 0.3) is 0 Å². The summed E-state index contributed by atoms with van der Waals surface area (Å²) in [7, 11) is 0. The van der Waals surface area contributed by atoms with Gasteiger partial charge in [0.05, 0.1) is 0 Å². The molecule has 4 aromatic rings. The van der Waals surface area contributed by atoms with E-state index in [0.29, 0.717) is 5.92 Å². The zero-order valence-electron chi connectivity index (χ0n) is 14.3. The van der Waals surface area contributed by atoms with E-state index < -0.39 is 0 Å². The molecule has 1 saturated heterocycles. The highest BCUT2D eigenvalue weighted by atomic mass is 32.1. The second kappa shape index (κ2) is 6.53. The third-order valence-corrected chi connectivity index (χ3v) is 5.80. The number of aromatic nitrogens is 4. The topological polar surface area (TPSA) is 46.3 Å². The van der Waals surface area contributed by atoms with Crippen LogP contribution in [0, 0.1) is 0 Å². The van der Waals surface area contributed by atoms with Crippen LogP contribution in [0.25, 0.3) is 17.0 Å². The molecule has 0 spiro atoms. The van der Waals surface area contributed by atoms with Crippen LogP contribution in [0.3, 0.4) is 0 Å². The molecule has 5 nitrogen and oxygen atoms in total. The van der Waals surface area contributed by atoms with Gasteiger partial charge in [0.15, 0.2) is 11.5 Å². The van der Waals surface area contributed by atoms with Gasteiger partial charge in [-0.2, -0.15) is 15.9 Å². The summed E-state index contributed by atoms with van der Waals surface area (Å²) < 4.78 is 1.86. The average molecular weight is 361 g/mol. The van der Waals surface area contributed by atoms with Gasteiger partial charge in [-0.05, 0) is 47.9 Å². The minimum atomic E-state index is 0.646. The van der Waals surface area contributed by atoms with E-state index in [2.05, 4.69) is 68.3 Å². The summed E-state index contributed by atoms with van der Waals surface area (Å²) in [5.41, 5.74) is 3.30. The molecule has 26 heavy (non-hydrogen) atoms. The molecule has 0 bridgehead atoms. The zero-order chi connectivity index (χ0) is 17.3. The van der Waals surface area contributed by atoms with Crippen LogP contribution in [0.1, 0.15) is 24.3 Å². The molecule has 4 heterocycles. The van der Waals surface area contributed by atoms with Gasteiger partial charge < -0.3 is 4.90 Å². The van der Waals surface area contributed by atoms with E-state index in [0.717, 1.165) is 48.8 Å². The Hall–Kier alpha value is -2.73. The Morgan fingerprint density at radius 2 is 1.77 bits per heavy atom. The van der Waals surface area contributed by atoms with Crippen molar-refractivity contribution in [3.05, 3.63) is 64.9 Å². The van der Waals surface area contributed by atoms with Crippen LogP contribution in [-0.4, -0.2) is 32.9 Å². The number of thiophene rings is 1. The lowest BCUT2D eigenvalue weighted by molar-refractivity contribution is 0.501. The van der Waals surface area contributed by atoms with Crippen molar-refractivity contribution in [3.63, 3.8) is 0 Å². The van der Waals surface area contributed by atoms with E-state index in [1.54, 1.807) is 11.3 Å². The van der Waals surface area contributed by atoms with Crippen LogP contribution < -0.4 is 4.90 Å². The number of anilines is 1. The molecule has 0 N–H and O–H groups in total. The molecule has 0 radical (unpaired) electrons. The number of piperidine rings is 1. The summed E-state index contributed by atoms with van der Waals surface area (Å²) in [4.78, 5) is 2.37. The van der Waals surface area contributed by atoms with Crippen LogP contribution in [0.15, 0.2) is 59.3 Å². The Kier molecular flexibility index (Phi) is 3.90. The summed E-state index contributed by atoms with van der Waals surface area (Å²) in [5.74, 6) is 2.45. The molecular formula is C20H19N5S. The third kappa shape index (κ3) is 2.76. The molecule has 6 heteroatoms. The highest BCUT2D eigenvalue weighted by molar-refractivity contribution is 7.08. The molecule has 0 saturated carbocycles. The fourth-order valence-electron chi connectivity index (χ4n) is 3.69. The Bertz CT molecular complexity index is 1000. The molecular weight excluding hydrogens is 342 g/mol. The van der Waals surface area contributed by atoms with E-state index >= 15 is 0 Å². The lowest BCUT2D eigenvalue weighted by Gasteiger charge is -2.32. The second-order valence-electron chi connectivity index (χ2n) is 6.67. The minimum absolute atomic E-state index is 0.646. The van der Waals surface area contributed by atoms with Crippen LogP contribution in [0.5, 0.6) is 0 Å². The minimum Gasteiger partial charge on any atom is -0.355 e. The van der Waals surface area contributed by atoms with Crippen molar-refractivity contribution in [2.24, 2.45) is 0 Å². The van der Waals surface area contributed by atoms with Crippen LogP contribution in [-0.2, 0) is 0 Å². The first-order chi connectivity index (χ1) is 12.9. The number of rotatable bonds is 3. The largest absolute Gasteiger partial charge is 0.355 e. The van der Waals surface area contributed by atoms with Crippen LogP contribution in [0.4, 0.5) is 5.82 Å². The lowest BCUT2D eigenvalue weighted by atomic mass is 9.89. The van der Waals surface area contributed by atoms with Crippen molar-refractivity contribution in [2.45, 2.75) is 18.8 Å². The predicted octanol–water partition coefficient (Wildman–Crippen LogP) is 4.24. The van der Waals surface area contributed by atoms with E-state index in [4.69, 9.17) is 5.10 Å². The SMILES string of the molecule is c1ccc(C2CCN(c3ccc4nnc(-c5ccsc5)n4n3)CC2)cc1. The van der Waals surface area contributed by atoms with Gasteiger partial charge in [-0.3, -0.25) is 0 Å². The number of hydrogen-bond donors (Lipinski definition) is 0. The van der Waals surface area contributed by atoms with Crippen LogP contribution >= 0.6 is 11.3 Å². The molecule has 3 aromatic heterocycles. The molecule has 130 valence electrons. The molecule has 0 atom stereocenters. The number of benzene rings is 1. The summed E-state index contributed by atoms with van der Waals surface area (Å²) in [6.45, 7) is 2.04. The Labute approximate surface area is 155 Å². The first kappa shape index (κ1) is 15.5. The first-order valence-electron chi connectivity index (χ1n) is 8.93. The normalized spacial score (nSPS) is 15.6. The van der Waals surface area contributed by atoms with Gasteiger partial charge in [0, 0.05) is 24.0 Å². The fourth-order valence-corrected chi connectivity index (χ4v) is 4.32. The highest BCUT2D eigenvalue weighted by Crippen LogP contribution is 2.30. The summed E-state index contributed by atoms with van der Waals surface area (Å²) in [6.07, 6.45) is 2.31. The van der Waals surface area contributed by atoms with Crippen molar-refractivity contribution in [1.29, 1.82) is 0 Å². The van der Waals surface area contributed by atoms with E-state index in [1.165, 1.54) is 5.56 Å². The van der Waals surface area contributed by atoms with Crippen LogP contribution in [0.2, 0.25) is 0 Å². The summed E-state index contributed by atoms with van der Waals surface area (Å²) >= 11 is 1.66. The number of hydrogen-bond acceptors (Lipinski definition) is 5. The summed E-state index contributed by atoms with van der Waals surface area (Å²) in [6, 6.07) is 17.0. The quantitative estimate of drug-likeness (QED) is 0.548. The van der Waals surface area contributed by atoms with E-state index in [-0.39, 0.29) is 0 Å². The van der Waals surface area contributed by atoms with Crippen molar-refractivity contribution < 1.29 is 0 Å². The smallest absolute Gasteiger partial charge is 0.186 e. The fraction of sp³-hybridized carbons (Fsp3) is 0.250. The van der Waals surface area contributed by atoms with E-state index in [1.807, 2.05) is 10.6 Å². The van der Waals surface area contributed by atoms with Gasteiger partial charge in [0.2, 0.25) is 0 Å². The maximum absolute atomic E-state index is 4.83. The van der Waals surface area contributed by atoms with Gasteiger partial charge in [-0.15, -0.1) is 15.3 Å². The molecule has 1 fully saturated rings. The Morgan fingerprint density at radius 1 is 0.923 bits per heavy atom. The highest BCUT2D eigenvalue weighted by Gasteiger charge is 2.22. The van der Waals surface area contributed by atoms with Gasteiger partial charge in [-0.25, -0.2) is 0 Å². The van der Waals surface area contributed by atoms with Gasteiger partial charge in [-0.1, -0.05) is 30.3 Å². The molecule has 1 aliphatic heterocycles. The molecule has 0 amide bonds. The third-order valence-electron chi connectivity index (χ3n) is 5.12. The second-order valence-corrected chi connectivity index (χ2v) is 7.45. The van der Waals surface area contributed by atoms with Crippen molar-refractivity contribution in [1.82, 2.24) is 19.8 Å². The van der Waals surface area contributed by atoms with Crippen molar-refractivity contribution in [3.8, 4) is 11.4 Å². The number of fused-ring (bicyclic) bond motifs is 1. The Morgan fingerprint density at radius 3 is 2.54 bits per heavy atom. The van der Waals surface area contributed by atoms with Crippen molar-refractivity contribution in [2.75, 3.05) is 18.0 Å². The maximum atomic E-state index is 4.83. The maximum Gasteiger partial charge on any atom is 0.186 e. The standard InChI is InChI=1S/C20H19N5S/c1-2-4-15(5-3-1)16-8-11-24(12-9-16)19-7-6-18-21-22-20(25(18)23-19)17-10-13-26-14-17/h1-7,10,13-14,16H,8-9,11-12H2. The summed E-state index contributed by atoms with van der Waals surface area (Å²) in [5, 5.41) is 17.5. The van der Waals surface area contributed by atoms with Crippen molar-refractivity contribution >= 4 is 22.8 Å². The van der Waals surface area contributed by atoms with Gasteiger partial charge in [0.1, 0.15) is 5.82 Å². The van der Waals surface area contributed by atoms with E-state index in [9.17, 15) is 0 Å². The first-order valence-corrected chi connectivity index (χ1v) is 9.88. The zero-order valence-corrected chi connectivity index (χ0v) is 15.1. The molecule has 0 unspecified atom stereocenters. The lowest BCUT2D eigenvalue weighted by Crippen LogP contribution is -2.33. The predicted molar refractivity (Wildman–Crippen MR) is 105 cm³/mol. The molecule has 0 aliphatic carbocycles. The van der Waals surface area contributed by atoms with Gasteiger partial charge >= 0.3 is 0 Å². The Balaban J connectivity index is 1.39. The molecule has 1 aliphatic rings. The monoisotopic (exact) mass is 361 g/mol. The molecule has 1 aromatic carbocycles. The average Bonchev–Trinajstić information content (AvgIpc) is 3.38. The molecule has 5 rings (SSSR count).